The number of ether oxygens (including phenoxy) is 4. The third-order valence-electron chi connectivity index (χ3n) is 12.8. The van der Waals surface area contributed by atoms with Gasteiger partial charge in [0, 0.05) is 72.0 Å². The van der Waals surface area contributed by atoms with Gasteiger partial charge in [-0.3, -0.25) is 48.2 Å². The summed E-state index contributed by atoms with van der Waals surface area (Å²) in [6.07, 6.45) is 16.1. The molecule has 4 atom stereocenters. The van der Waals surface area contributed by atoms with Crippen LogP contribution in [0.15, 0.2) is 0 Å². The van der Waals surface area contributed by atoms with E-state index in [2.05, 4.69) is 26.4 Å². The molecule has 0 bridgehead atoms. The summed E-state index contributed by atoms with van der Waals surface area (Å²) in [5, 5.41) is 49.6. The molecule has 0 unspecified atom stereocenters. The fourth-order valence-corrected chi connectivity index (χ4v) is 8.35. The Bertz CT molecular complexity index is 1850. The molecule has 0 radical (unpaired) electrons. The predicted octanol–water partition coefficient (Wildman–Crippen LogP) is 5.48. The number of carbonyl (C=O) groups is 11. The van der Waals surface area contributed by atoms with Gasteiger partial charge in [-0.2, -0.15) is 0 Å². The van der Waals surface area contributed by atoms with Crippen molar-refractivity contribution in [3.63, 3.8) is 0 Å². The van der Waals surface area contributed by atoms with Crippen LogP contribution in [0.4, 0.5) is 0 Å². The minimum atomic E-state index is -1.41. The molecule has 0 heterocycles. The molecule has 26 heteroatoms. The average molecular weight is 1160 g/mol. The molecule has 25 nitrogen and oxygen atoms in total. The van der Waals surface area contributed by atoms with E-state index in [4.69, 9.17) is 24.1 Å². The van der Waals surface area contributed by atoms with Crippen molar-refractivity contribution < 1.29 is 98.1 Å². The first-order chi connectivity index (χ1) is 38.4. The number of amides is 5. The molecule has 5 amide bonds. The quantitative estimate of drug-likeness (QED) is 0.0269. The fraction of sp³-hybridized carbons (Fsp3) is 0.796. The van der Waals surface area contributed by atoms with Crippen LogP contribution >= 0.6 is 8.61 Å². The standard InChI is InChI=1S/C54H92N5O20P.H2/c1-40(51(68)59-80-75)19-16-17-29-55-46(62)28-26-45(54(73)74)58-48(64)27-23-41(52(69)70)37-43(61)38-78-35-34-77-32-30-56-49(65)39-79-36-33-76-31-18-20-42(60)24-25-44(53(71)72)57-47(63)21-14-12-10-8-6-4-2-3-5-7-9-11-13-15-22-50(66)67;/h40-41,44-45H,2-39H2,1H3,(H,55,62)(H,56,65)(H,57,63)(H,58,64)(H,66,67)(H,69,70)(H,71,72)(H,73,74)(H,59,68,75);1H/t40-,41+,44-,45-;/m0./s1. The van der Waals surface area contributed by atoms with Crippen LogP contribution in [0.2, 0.25) is 0 Å². The van der Waals surface area contributed by atoms with Crippen molar-refractivity contribution in [2.24, 2.45) is 11.8 Å². The minimum Gasteiger partial charge on any atom is -0.481 e. The van der Waals surface area contributed by atoms with Gasteiger partial charge in [0.1, 0.15) is 31.1 Å². The molecule has 0 rings (SSSR count). The Morgan fingerprint density at radius 1 is 0.425 bits per heavy atom. The first-order valence-corrected chi connectivity index (χ1v) is 29.2. The number of hydrogen-bond donors (Lipinski definition) is 9. The summed E-state index contributed by atoms with van der Waals surface area (Å²) in [5.41, 5.74) is 0. The van der Waals surface area contributed by atoms with Crippen LogP contribution in [-0.4, -0.2) is 163 Å². The summed E-state index contributed by atoms with van der Waals surface area (Å²) in [6, 6.07) is -2.55. The second kappa shape index (κ2) is 50.5. The van der Waals surface area contributed by atoms with Gasteiger partial charge >= 0.3 is 23.9 Å². The van der Waals surface area contributed by atoms with Gasteiger partial charge in [0.25, 0.3) is 8.61 Å². The first-order valence-electron chi connectivity index (χ1n) is 28.3. The number of carboxylic acids is 4. The highest BCUT2D eigenvalue weighted by molar-refractivity contribution is 7.22. The Balaban J connectivity index is 0. The molecule has 0 aromatic rings. The van der Waals surface area contributed by atoms with Gasteiger partial charge in [0.05, 0.1) is 39.0 Å². The third kappa shape index (κ3) is 46.3. The molecule has 0 aliphatic heterocycles. The van der Waals surface area contributed by atoms with Crippen molar-refractivity contribution in [1.82, 2.24) is 26.4 Å². The number of carboxylic acid groups (broad SMARTS) is 4. The van der Waals surface area contributed by atoms with Gasteiger partial charge in [-0.25, -0.2) is 14.2 Å². The summed E-state index contributed by atoms with van der Waals surface area (Å²) in [7, 11) is -0.475. The summed E-state index contributed by atoms with van der Waals surface area (Å²) in [4.78, 5) is 131. The summed E-state index contributed by atoms with van der Waals surface area (Å²) in [6.45, 7) is 2.21. The molecule has 9 N–H and O–H groups in total. The SMILES string of the molecule is C[C@@H](CCCCNC(=O)CC[C@H](NC(=O)CC[C@H](CC(=O)COCCOCCNC(=O)COCCOCCCC(=O)CC[C@H](NC(=O)CCCCCCCCCCCCCCCCC(=O)O)C(=O)O)C(=O)O)C(=O)O)C(=O)NP=O.[HH]. The zero-order valence-corrected chi connectivity index (χ0v) is 47.8. The number of nitrogens with one attached hydrogen (secondary N) is 5. The van der Waals surface area contributed by atoms with Crippen LogP contribution in [-0.2, 0) is 76.3 Å². The van der Waals surface area contributed by atoms with Crippen LogP contribution in [0, 0.1) is 11.8 Å². The average Bonchev–Trinajstić information content (AvgIpc) is 3.40. The molecule has 0 fully saturated rings. The van der Waals surface area contributed by atoms with Crippen molar-refractivity contribution in [3.8, 4) is 0 Å². The van der Waals surface area contributed by atoms with E-state index in [1.807, 2.05) is 0 Å². The number of aliphatic carboxylic acids is 4. The van der Waals surface area contributed by atoms with Crippen molar-refractivity contribution in [1.29, 1.82) is 0 Å². The largest absolute Gasteiger partial charge is 0.481 e. The molecule has 0 aromatic carbocycles. The Hall–Kier alpha value is -5.49. The Morgan fingerprint density at radius 2 is 0.912 bits per heavy atom. The lowest BCUT2D eigenvalue weighted by Crippen LogP contribution is -2.42. The zero-order valence-electron chi connectivity index (χ0n) is 46.9. The topological polar surface area (TPSA) is 383 Å². The molecular formula is C54H94N5O20P. The lowest BCUT2D eigenvalue weighted by atomic mass is 9.97. The van der Waals surface area contributed by atoms with E-state index in [1.165, 1.54) is 32.1 Å². The lowest BCUT2D eigenvalue weighted by molar-refractivity contribution is -0.145. The fourth-order valence-electron chi connectivity index (χ4n) is 8.04. The van der Waals surface area contributed by atoms with Crippen molar-refractivity contribution in [2.45, 2.75) is 199 Å². The molecular weight excluding hydrogens is 1070 g/mol. The molecule has 460 valence electrons. The van der Waals surface area contributed by atoms with Crippen LogP contribution in [0.25, 0.3) is 0 Å². The highest BCUT2D eigenvalue weighted by Crippen LogP contribution is 2.16. The Labute approximate surface area is 473 Å². The lowest BCUT2D eigenvalue weighted by Gasteiger charge is -2.16. The second-order valence-electron chi connectivity index (χ2n) is 19.8. The molecule has 0 saturated heterocycles. The minimum absolute atomic E-state index is 0. The van der Waals surface area contributed by atoms with Gasteiger partial charge in [0.2, 0.25) is 29.5 Å². The van der Waals surface area contributed by atoms with E-state index in [0.29, 0.717) is 32.1 Å². The smallest absolute Gasteiger partial charge is 0.326 e. The summed E-state index contributed by atoms with van der Waals surface area (Å²) < 4.78 is 31.8. The van der Waals surface area contributed by atoms with E-state index >= 15 is 0 Å². The van der Waals surface area contributed by atoms with Gasteiger partial charge in [0.15, 0.2) is 5.78 Å². The van der Waals surface area contributed by atoms with Crippen LogP contribution in [0.3, 0.4) is 0 Å². The van der Waals surface area contributed by atoms with E-state index < -0.39 is 87.0 Å². The molecule has 0 aliphatic rings. The monoisotopic (exact) mass is 1160 g/mol. The number of rotatable bonds is 57. The second-order valence-corrected chi connectivity index (χ2v) is 20.2. The molecule has 80 heavy (non-hydrogen) atoms. The normalized spacial score (nSPS) is 12.6. The van der Waals surface area contributed by atoms with Crippen LogP contribution in [0.1, 0.15) is 188 Å². The number of Topliss-reactive ketones (excluding diaryl/α,β-unsaturated/α-hetero) is 2. The third-order valence-corrected chi connectivity index (χ3v) is 13.1. The molecule has 0 saturated carbocycles. The van der Waals surface area contributed by atoms with Crippen LogP contribution < -0.4 is 26.4 Å². The number of hydrogen-bond acceptors (Lipinski definition) is 16. The maximum Gasteiger partial charge on any atom is 0.326 e. The maximum absolute atomic E-state index is 12.5. The maximum atomic E-state index is 12.5. The van der Waals surface area contributed by atoms with Gasteiger partial charge in [-0.15, -0.1) is 0 Å². The highest BCUT2D eigenvalue weighted by atomic mass is 31.1. The van der Waals surface area contributed by atoms with Crippen molar-refractivity contribution in [2.75, 3.05) is 65.9 Å². The van der Waals surface area contributed by atoms with Gasteiger partial charge < -0.3 is 60.6 Å². The molecule has 0 aromatic heterocycles. The van der Waals surface area contributed by atoms with Crippen LogP contribution in [0.5, 0.6) is 0 Å². The predicted molar refractivity (Wildman–Crippen MR) is 294 cm³/mol. The van der Waals surface area contributed by atoms with E-state index in [0.717, 1.165) is 51.4 Å². The number of carbonyl (C=O) groups excluding carboxylic acids is 7. The Kier molecular flexibility index (Phi) is 47.0. The first kappa shape index (κ1) is 74.5. The summed E-state index contributed by atoms with van der Waals surface area (Å²) >= 11 is 0. The van der Waals surface area contributed by atoms with E-state index in [1.54, 1.807) is 6.92 Å². The molecule has 0 aliphatic carbocycles. The van der Waals surface area contributed by atoms with E-state index in [-0.39, 0.29) is 142 Å². The number of unbranched alkanes of at least 4 members (excludes halogenated alkanes) is 14. The van der Waals surface area contributed by atoms with Crippen molar-refractivity contribution >= 4 is 73.6 Å². The van der Waals surface area contributed by atoms with Gasteiger partial charge in [-0.1, -0.05) is 90.4 Å². The molecule has 0 spiro atoms. The summed E-state index contributed by atoms with van der Waals surface area (Å²) in [5.74, 6) is -9.20. The Morgan fingerprint density at radius 3 is 1.46 bits per heavy atom. The highest BCUT2D eigenvalue weighted by Gasteiger charge is 2.26. The van der Waals surface area contributed by atoms with Crippen molar-refractivity contribution in [3.05, 3.63) is 0 Å². The number of ketones is 2. The zero-order chi connectivity index (χ0) is 59.6. The van der Waals surface area contributed by atoms with Gasteiger partial charge in [-0.05, 0) is 51.4 Å². The van der Waals surface area contributed by atoms with E-state index in [9.17, 15) is 72.6 Å².